The first-order chi connectivity index (χ1) is 21.7. The molecule has 0 radical (unpaired) electrons. The van der Waals surface area contributed by atoms with Crippen LogP contribution in [0.5, 0.6) is 5.75 Å². The lowest BCUT2D eigenvalue weighted by molar-refractivity contribution is 0.0968. The fraction of sp³-hybridized carbons (Fsp3) is 0.139. The van der Waals surface area contributed by atoms with Crippen LogP contribution in [0.15, 0.2) is 131 Å². The lowest BCUT2D eigenvalue weighted by Gasteiger charge is -2.46. The van der Waals surface area contributed by atoms with Gasteiger partial charge in [0.2, 0.25) is 0 Å². The molecule has 0 saturated heterocycles. The molecule has 0 fully saturated rings. The Morgan fingerprint density at radius 2 is 1.58 bits per heavy atom. The molecule has 0 spiro atoms. The van der Waals surface area contributed by atoms with Crippen LogP contribution in [0.1, 0.15) is 40.1 Å². The highest BCUT2D eigenvalue weighted by Crippen LogP contribution is 2.43. The number of nitrogens with one attached hydrogen (secondary N) is 1. The smallest absolute Gasteiger partial charge is 0.262 e. The maximum Gasteiger partial charge on any atom is 0.262 e. The van der Waals surface area contributed by atoms with Gasteiger partial charge < -0.3 is 9.64 Å². The van der Waals surface area contributed by atoms with Crippen LogP contribution in [-0.4, -0.2) is 20.9 Å². The molecule has 0 saturated carbocycles. The van der Waals surface area contributed by atoms with Gasteiger partial charge in [-0.15, -0.1) is 0 Å². The Balaban J connectivity index is 1.48. The SMILES string of the molecule is CCOc1ccc(NS(=O)(=O)c2ccc3c(c2)C(=O)N(c2ccc(C)cc2)[C@@H](c2cccc(Br)c2)N3Cc2ccccc2)cc1. The van der Waals surface area contributed by atoms with Gasteiger partial charge in [-0.05, 0) is 91.7 Å². The van der Waals surface area contributed by atoms with E-state index in [-0.39, 0.29) is 10.8 Å². The zero-order chi connectivity index (χ0) is 31.6. The first kappa shape index (κ1) is 30.4. The second-order valence-electron chi connectivity index (χ2n) is 10.8. The fourth-order valence-corrected chi connectivity index (χ4v) is 7.03. The van der Waals surface area contributed by atoms with E-state index in [9.17, 15) is 13.2 Å². The van der Waals surface area contributed by atoms with Gasteiger partial charge in [0.15, 0.2) is 0 Å². The summed E-state index contributed by atoms with van der Waals surface area (Å²) in [5.74, 6) is 0.357. The summed E-state index contributed by atoms with van der Waals surface area (Å²) in [5.41, 5.74) is 5.08. The molecule has 1 N–H and O–H groups in total. The summed E-state index contributed by atoms with van der Waals surface area (Å²) in [7, 11) is -4.02. The standard InChI is InChI=1S/C36H32BrN3O4S/c1-3-44-31-18-14-29(15-19-31)38-45(42,43)32-20-21-34-33(23-32)36(41)40(30-16-12-25(2)13-17-30)35(27-10-7-11-28(37)22-27)39(34)24-26-8-5-4-6-9-26/h4-23,35,38H,3,24H2,1-2H3/t35-/m0/s1. The van der Waals surface area contributed by atoms with Crippen LogP contribution in [0.3, 0.4) is 0 Å². The number of hydrogen-bond acceptors (Lipinski definition) is 5. The molecule has 228 valence electrons. The highest BCUT2D eigenvalue weighted by Gasteiger charge is 2.40. The van der Waals surface area contributed by atoms with Gasteiger partial charge >= 0.3 is 0 Å². The van der Waals surface area contributed by atoms with Crippen molar-refractivity contribution in [3.8, 4) is 5.75 Å². The molecule has 1 amide bonds. The van der Waals surface area contributed by atoms with Crippen molar-refractivity contribution in [1.29, 1.82) is 0 Å². The molecular weight excluding hydrogens is 650 g/mol. The number of anilines is 3. The third-order valence-electron chi connectivity index (χ3n) is 7.65. The Hall–Kier alpha value is -4.60. The Kier molecular flexibility index (Phi) is 8.65. The number of nitrogens with zero attached hydrogens (tertiary/aromatic N) is 2. The minimum absolute atomic E-state index is 0.00657. The van der Waals surface area contributed by atoms with E-state index >= 15 is 0 Å². The Labute approximate surface area is 272 Å². The number of carbonyl (C=O) groups is 1. The fourth-order valence-electron chi connectivity index (χ4n) is 5.53. The van der Waals surface area contributed by atoms with Crippen molar-refractivity contribution in [1.82, 2.24) is 0 Å². The maximum absolute atomic E-state index is 14.6. The Morgan fingerprint density at radius 3 is 2.27 bits per heavy atom. The molecule has 0 unspecified atom stereocenters. The van der Waals surface area contributed by atoms with Crippen LogP contribution in [0.2, 0.25) is 0 Å². The van der Waals surface area contributed by atoms with Crippen LogP contribution in [0.25, 0.3) is 0 Å². The predicted molar refractivity (Wildman–Crippen MR) is 182 cm³/mol. The topological polar surface area (TPSA) is 78.9 Å². The molecule has 1 heterocycles. The number of hydrogen-bond donors (Lipinski definition) is 1. The summed E-state index contributed by atoms with van der Waals surface area (Å²) in [6.45, 7) is 4.88. The molecule has 1 aliphatic rings. The number of rotatable bonds is 9. The van der Waals surface area contributed by atoms with Gasteiger partial charge in [-0.25, -0.2) is 8.42 Å². The minimum atomic E-state index is -4.02. The number of halogens is 1. The van der Waals surface area contributed by atoms with Crippen molar-refractivity contribution in [3.05, 3.63) is 148 Å². The molecule has 0 aliphatic carbocycles. The predicted octanol–water partition coefficient (Wildman–Crippen LogP) is 8.32. The van der Waals surface area contributed by atoms with Gasteiger partial charge in [-0.1, -0.05) is 76.1 Å². The number of fused-ring (bicyclic) bond motifs is 1. The number of amides is 1. The molecule has 9 heteroatoms. The van der Waals surface area contributed by atoms with Crippen molar-refractivity contribution in [3.63, 3.8) is 0 Å². The molecule has 1 atom stereocenters. The normalized spacial score (nSPS) is 14.6. The quantitative estimate of drug-likeness (QED) is 0.169. The molecular formula is C36H32BrN3O4S. The van der Waals surface area contributed by atoms with Gasteiger partial charge in [0.25, 0.3) is 15.9 Å². The Morgan fingerprint density at radius 1 is 0.844 bits per heavy atom. The summed E-state index contributed by atoms with van der Waals surface area (Å²) in [6, 6.07) is 37.2. The number of carbonyl (C=O) groups excluding carboxylic acids is 1. The summed E-state index contributed by atoms with van der Waals surface area (Å²) < 4.78 is 36.2. The third-order valence-corrected chi connectivity index (χ3v) is 9.52. The molecule has 1 aliphatic heterocycles. The van der Waals surface area contributed by atoms with E-state index in [1.54, 1.807) is 41.3 Å². The van der Waals surface area contributed by atoms with Crippen LogP contribution in [-0.2, 0) is 16.6 Å². The van der Waals surface area contributed by atoms with E-state index in [2.05, 4.69) is 25.6 Å². The van der Waals surface area contributed by atoms with Gasteiger partial charge in [-0.2, -0.15) is 0 Å². The summed E-state index contributed by atoms with van der Waals surface area (Å²) in [4.78, 5) is 18.5. The van der Waals surface area contributed by atoms with Gasteiger partial charge in [-0.3, -0.25) is 14.4 Å². The van der Waals surface area contributed by atoms with Gasteiger partial charge in [0.1, 0.15) is 11.9 Å². The van der Waals surface area contributed by atoms with Crippen LogP contribution >= 0.6 is 15.9 Å². The van der Waals surface area contributed by atoms with Crippen LogP contribution in [0.4, 0.5) is 17.1 Å². The van der Waals surface area contributed by atoms with Crippen molar-refractivity contribution in [2.24, 2.45) is 0 Å². The first-order valence-electron chi connectivity index (χ1n) is 14.6. The third kappa shape index (κ3) is 6.45. The zero-order valence-electron chi connectivity index (χ0n) is 24.9. The van der Waals surface area contributed by atoms with Gasteiger partial charge in [0.05, 0.1) is 22.8 Å². The number of benzene rings is 5. The van der Waals surface area contributed by atoms with Gasteiger partial charge in [0, 0.05) is 22.4 Å². The summed E-state index contributed by atoms with van der Waals surface area (Å²) >= 11 is 3.62. The van der Waals surface area contributed by atoms with Crippen molar-refractivity contribution < 1.29 is 17.9 Å². The average molecular weight is 683 g/mol. The summed E-state index contributed by atoms with van der Waals surface area (Å²) in [6.07, 6.45) is -0.505. The van der Waals surface area contributed by atoms with E-state index in [1.165, 1.54) is 6.07 Å². The number of aryl methyl sites for hydroxylation is 1. The molecule has 6 rings (SSSR count). The number of sulfonamides is 1. The van der Waals surface area contributed by atoms with E-state index in [0.717, 1.165) is 21.2 Å². The largest absolute Gasteiger partial charge is 0.494 e. The average Bonchev–Trinajstić information content (AvgIpc) is 3.04. The molecule has 45 heavy (non-hydrogen) atoms. The van der Waals surface area contributed by atoms with Crippen LogP contribution in [0, 0.1) is 6.92 Å². The van der Waals surface area contributed by atoms with Crippen molar-refractivity contribution >= 4 is 48.9 Å². The zero-order valence-corrected chi connectivity index (χ0v) is 27.3. The van der Waals surface area contributed by atoms with E-state index in [4.69, 9.17) is 4.74 Å². The molecule has 0 bridgehead atoms. The van der Waals surface area contributed by atoms with Crippen molar-refractivity contribution in [2.75, 3.05) is 21.1 Å². The second-order valence-corrected chi connectivity index (χ2v) is 13.4. The van der Waals surface area contributed by atoms with E-state index in [1.807, 2.05) is 92.7 Å². The molecule has 7 nitrogen and oxygen atoms in total. The highest BCUT2D eigenvalue weighted by molar-refractivity contribution is 9.10. The Bertz CT molecular complexity index is 1930. The number of ether oxygens (including phenoxy) is 1. The van der Waals surface area contributed by atoms with E-state index in [0.29, 0.717) is 41.5 Å². The second kappa shape index (κ2) is 12.8. The lowest BCUT2D eigenvalue weighted by atomic mass is 9.99. The summed E-state index contributed by atoms with van der Waals surface area (Å²) in [5, 5.41) is 0. The first-order valence-corrected chi connectivity index (χ1v) is 16.9. The van der Waals surface area contributed by atoms with Crippen LogP contribution < -0.4 is 19.3 Å². The molecule has 5 aromatic carbocycles. The van der Waals surface area contributed by atoms with E-state index < -0.39 is 16.2 Å². The highest BCUT2D eigenvalue weighted by atomic mass is 79.9. The monoisotopic (exact) mass is 681 g/mol. The molecule has 5 aromatic rings. The molecule has 0 aromatic heterocycles. The minimum Gasteiger partial charge on any atom is -0.494 e. The van der Waals surface area contributed by atoms with Crippen molar-refractivity contribution in [2.45, 2.75) is 31.5 Å². The lowest BCUT2D eigenvalue weighted by Crippen LogP contribution is -2.49. The maximum atomic E-state index is 14.6.